The molecule has 0 amide bonds. The van der Waals surface area contributed by atoms with E-state index in [1.165, 1.54) is 0 Å². The average molecular weight is 315 g/mol. The van der Waals surface area contributed by atoms with Gasteiger partial charge in [0.1, 0.15) is 6.10 Å². The zero-order chi connectivity index (χ0) is 15.6. The zero-order valence-electron chi connectivity index (χ0n) is 12.3. The third-order valence-electron chi connectivity index (χ3n) is 3.52. The molecule has 3 rings (SSSR count). The third kappa shape index (κ3) is 3.20. The predicted molar refractivity (Wildman–Crippen MR) is 86.0 cm³/mol. The van der Waals surface area contributed by atoms with Gasteiger partial charge in [0.15, 0.2) is 9.84 Å². The molecule has 0 radical (unpaired) electrons. The van der Waals surface area contributed by atoms with E-state index >= 15 is 0 Å². The van der Waals surface area contributed by atoms with Gasteiger partial charge in [-0.1, -0.05) is 35.9 Å². The summed E-state index contributed by atoms with van der Waals surface area (Å²) in [5, 5.41) is 0. The highest BCUT2D eigenvalue weighted by Gasteiger charge is 2.27. The summed E-state index contributed by atoms with van der Waals surface area (Å²) in [6, 6.07) is 16.4. The summed E-state index contributed by atoms with van der Waals surface area (Å²) in [5.41, 5.74) is 1.91. The van der Waals surface area contributed by atoms with Crippen molar-refractivity contribution in [2.75, 3.05) is 12.3 Å². The SMILES string of the molecule is Cc1ccc(S(=O)(=O)CC2CN=C(c3ccccc3)O2)cc1. The van der Waals surface area contributed by atoms with Crippen LogP contribution >= 0.6 is 0 Å². The summed E-state index contributed by atoms with van der Waals surface area (Å²) in [5.74, 6) is 0.459. The van der Waals surface area contributed by atoms with E-state index < -0.39 is 15.9 Å². The Morgan fingerprint density at radius 1 is 1.09 bits per heavy atom. The first-order valence-corrected chi connectivity index (χ1v) is 8.76. The molecule has 114 valence electrons. The molecule has 1 heterocycles. The van der Waals surface area contributed by atoms with Crippen molar-refractivity contribution in [3.8, 4) is 0 Å². The zero-order valence-corrected chi connectivity index (χ0v) is 13.1. The van der Waals surface area contributed by atoms with Crippen LogP contribution < -0.4 is 0 Å². The van der Waals surface area contributed by atoms with Crippen molar-refractivity contribution < 1.29 is 13.2 Å². The van der Waals surface area contributed by atoms with Crippen molar-refractivity contribution in [1.82, 2.24) is 0 Å². The van der Waals surface area contributed by atoms with Crippen LogP contribution in [0.3, 0.4) is 0 Å². The van der Waals surface area contributed by atoms with Crippen molar-refractivity contribution in [3.63, 3.8) is 0 Å². The summed E-state index contributed by atoms with van der Waals surface area (Å²) in [4.78, 5) is 4.64. The van der Waals surface area contributed by atoms with Crippen LogP contribution in [-0.2, 0) is 14.6 Å². The minimum atomic E-state index is -3.36. The normalized spacial score (nSPS) is 17.9. The molecule has 1 unspecified atom stereocenters. The Bertz CT molecular complexity index is 780. The van der Waals surface area contributed by atoms with Crippen LogP contribution in [0, 0.1) is 6.92 Å². The smallest absolute Gasteiger partial charge is 0.216 e. The third-order valence-corrected chi connectivity index (χ3v) is 5.32. The molecule has 5 heteroatoms. The highest BCUT2D eigenvalue weighted by atomic mass is 32.2. The highest BCUT2D eigenvalue weighted by molar-refractivity contribution is 7.91. The van der Waals surface area contributed by atoms with Crippen LogP contribution in [0.5, 0.6) is 0 Å². The molecule has 2 aromatic carbocycles. The Labute approximate surface area is 130 Å². The summed E-state index contributed by atoms with van der Waals surface area (Å²) in [6.45, 7) is 2.30. The Hall–Kier alpha value is -2.14. The molecule has 0 spiro atoms. The van der Waals surface area contributed by atoms with E-state index in [1.807, 2.05) is 37.3 Å². The molecule has 2 aromatic rings. The van der Waals surface area contributed by atoms with E-state index in [2.05, 4.69) is 4.99 Å². The van der Waals surface area contributed by atoms with E-state index in [0.717, 1.165) is 11.1 Å². The van der Waals surface area contributed by atoms with Crippen molar-refractivity contribution >= 4 is 15.7 Å². The molecule has 1 aliphatic heterocycles. The number of hydrogen-bond acceptors (Lipinski definition) is 4. The molecule has 1 aliphatic rings. The molecule has 0 saturated heterocycles. The lowest BCUT2D eigenvalue weighted by Gasteiger charge is -2.12. The van der Waals surface area contributed by atoms with Gasteiger partial charge in [-0.15, -0.1) is 0 Å². The minimum absolute atomic E-state index is 0.0596. The first-order chi connectivity index (χ1) is 10.5. The monoisotopic (exact) mass is 315 g/mol. The van der Waals surface area contributed by atoms with Crippen molar-refractivity contribution in [2.24, 2.45) is 4.99 Å². The Morgan fingerprint density at radius 2 is 1.77 bits per heavy atom. The van der Waals surface area contributed by atoms with Gasteiger partial charge in [0.25, 0.3) is 0 Å². The molecule has 1 atom stereocenters. The lowest BCUT2D eigenvalue weighted by molar-refractivity contribution is 0.248. The van der Waals surface area contributed by atoms with Crippen molar-refractivity contribution in [2.45, 2.75) is 17.9 Å². The number of hydrogen-bond donors (Lipinski definition) is 0. The maximum absolute atomic E-state index is 12.4. The topological polar surface area (TPSA) is 55.7 Å². The standard InChI is InChI=1S/C17H17NO3S/c1-13-7-9-16(10-8-13)22(19,20)12-15-11-18-17(21-15)14-5-3-2-4-6-14/h2-10,15H,11-12H2,1H3. The predicted octanol–water partition coefficient (Wildman–Crippen LogP) is 2.61. The van der Waals surface area contributed by atoms with Gasteiger partial charge < -0.3 is 4.74 Å². The highest BCUT2D eigenvalue weighted by Crippen LogP contribution is 2.18. The number of aliphatic imine (C=N–C) groups is 1. The summed E-state index contributed by atoms with van der Waals surface area (Å²) in [6.07, 6.45) is -0.429. The van der Waals surface area contributed by atoms with Gasteiger partial charge in [-0.2, -0.15) is 0 Å². The number of sulfone groups is 1. The number of rotatable bonds is 4. The molecular formula is C17H17NO3S. The largest absolute Gasteiger partial charge is 0.471 e. The molecule has 0 saturated carbocycles. The second kappa shape index (κ2) is 5.93. The number of ether oxygens (including phenoxy) is 1. The van der Waals surface area contributed by atoms with Crippen LogP contribution in [0.4, 0.5) is 0 Å². The second-order valence-corrected chi connectivity index (χ2v) is 7.38. The summed E-state index contributed by atoms with van der Waals surface area (Å²) >= 11 is 0. The average Bonchev–Trinajstić information content (AvgIpc) is 2.96. The van der Waals surface area contributed by atoms with Crippen molar-refractivity contribution in [1.29, 1.82) is 0 Å². The Morgan fingerprint density at radius 3 is 2.45 bits per heavy atom. The maximum atomic E-state index is 12.4. The summed E-state index contributed by atoms with van der Waals surface area (Å²) < 4.78 is 30.5. The number of benzene rings is 2. The lowest BCUT2D eigenvalue weighted by atomic mass is 10.2. The molecule has 0 bridgehead atoms. The van der Waals surface area contributed by atoms with E-state index in [1.54, 1.807) is 24.3 Å². The Balaban J connectivity index is 1.69. The number of nitrogens with zero attached hydrogens (tertiary/aromatic N) is 1. The van der Waals surface area contributed by atoms with Crippen LogP contribution in [-0.4, -0.2) is 32.7 Å². The van der Waals surface area contributed by atoms with Gasteiger partial charge in [-0.25, -0.2) is 13.4 Å². The molecule has 0 aromatic heterocycles. The van der Waals surface area contributed by atoms with E-state index in [0.29, 0.717) is 17.3 Å². The molecule has 0 N–H and O–H groups in total. The van der Waals surface area contributed by atoms with Gasteiger partial charge in [-0.05, 0) is 31.2 Å². The summed E-state index contributed by atoms with van der Waals surface area (Å²) in [7, 11) is -3.36. The maximum Gasteiger partial charge on any atom is 0.216 e. The number of aryl methyl sites for hydroxylation is 1. The lowest BCUT2D eigenvalue weighted by Crippen LogP contribution is -2.24. The second-order valence-electron chi connectivity index (χ2n) is 5.35. The quantitative estimate of drug-likeness (QED) is 0.871. The minimum Gasteiger partial charge on any atom is -0.471 e. The van der Waals surface area contributed by atoms with Crippen LogP contribution in [0.25, 0.3) is 0 Å². The van der Waals surface area contributed by atoms with Crippen LogP contribution in [0.2, 0.25) is 0 Å². The van der Waals surface area contributed by atoms with Gasteiger partial charge in [-0.3, -0.25) is 0 Å². The van der Waals surface area contributed by atoms with Crippen LogP contribution in [0.1, 0.15) is 11.1 Å². The molecule has 4 nitrogen and oxygen atoms in total. The molecular weight excluding hydrogens is 298 g/mol. The molecule has 22 heavy (non-hydrogen) atoms. The fraction of sp³-hybridized carbons (Fsp3) is 0.235. The van der Waals surface area contributed by atoms with Gasteiger partial charge >= 0.3 is 0 Å². The molecule has 0 aliphatic carbocycles. The fourth-order valence-electron chi connectivity index (χ4n) is 2.33. The molecule has 0 fully saturated rings. The van der Waals surface area contributed by atoms with E-state index in [9.17, 15) is 8.42 Å². The van der Waals surface area contributed by atoms with Gasteiger partial charge in [0.2, 0.25) is 5.90 Å². The first kappa shape index (κ1) is 14.8. The Kier molecular flexibility index (Phi) is 3.98. The van der Waals surface area contributed by atoms with Gasteiger partial charge in [0, 0.05) is 5.56 Å². The van der Waals surface area contributed by atoms with Crippen molar-refractivity contribution in [3.05, 3.63) is 65.7 Å². The van der Waals surface area contributed by atoms with E-state index in [4.69, 9.17) is 4.74 Å². The van der Waals surface area contributed by atoms with Gasteiger partial charge in [0.05, 0.1) is 17.2 Å². The van der Waals surface area contributed by atoms with E-state index in [-0.39, 0.29) is 5.75 Å². The fourth-order valence-corrected chi connectivity index (χ4v) is 3.74. The first-order valence-electron chi connectivity index (χ1n) is 7.10. The van der Waals surface area contributed by atoms with Crippen LogP contribution in [0.15, 0.2) is 64.5 Å².